The summed E-state index contributed by atoms with van der Waals surface area (Å²) in [6.07, 6.45) is 10.6. The van der Waals surface area contributed by atoms with Crippen LogP contribution in [-0.2, 0) is 4.79 Å². The average molecular weight is 403 g/mol. The molecule has 154 valence electrons. The third-order valence-corrected chi connectivity index (χ3v) is 9.43. The second-order valence-corrected chi connectivity index (χ2v) is 10.8. The van der Waals surface area contributed by atoms with Gasteiger partial charge in [-0.3, -0.25) is 4.79 Å². The first-order chi connectivity index (χ1) is 13.2. The minimum Gasteiger partial charge on any atom is -0.377 e. The molecule has 0 heterocycles. The summed E-state index contributed by atoms with van der Waals surface area (Å²) in [6, 6.07) is 0. The fraction of sp³-hybridized carbons (Fsp3) is 0.800. The Kier molecular flexibility index (Phi) is 5.25. The van der Waals surface area contributed by atoms with E-state index in [0.717, 1.165) is 51.4 Å². The molecule has 0 bridgehead atoms. The van der Waals surface area contributed by atoms with Crippen LogP contribution in [0.25, 0.3) is 0 Å². The van der Waals surface area contributed by atoms with Gasteiger partial charge in [-0.1, -0.05) is 32.3 Å². The zero-order chi connectivity index (χ0) is 20.2. The van der Waals surface area contributed by atoms with Crippen molar-refractivity contribution in [2.45, 2.75) is 84.2 Å². The van der Waals surface area contributed by atoms with Crippen molar-refractivity contribution in [1.82, 2.24) is 0 Å². The summed E-state index contributed by atoms with van der Waals surface area (Å²) < 4.78 is 0. The predicted octanol–water partition coefficient (Wildman–Crippen LogP) is 5.52. The van der Waals surface area contributed by atoms with Crippen LogP contribution in [0.1, 0.15) is 78.6 Å². The normalized spacial score (nSPS) is 47.3. The van der Waals surface area contributed by atoms with Crippen molar-refractivity contribution in [3.05, 3.63) is 11.6 Å². The summed E-state index contributed by atoms with van der Waals surface area (Å²) in [5, 5.41) is 11.6. The van der Waals surface area contributed by atoms with Gasteiger partial charge in [-0.2, -0.15) is 0 Å². The van der Waals surface area contributed by atoms with Gasteiger partial charge in [-0.25, -0.2) is 0 Å². The van der Waals surface area contributed by atoms with Crippen LogP contribution in [0.4, 0.5) is 0 Å². The van der Waals surface area contributed by atoms with Gasteiger partial charge >= 0.3 is 0 Å². The molecule has 0 aliphatic heterocycles. The quantitative estimate of drug-likeness (QED) is 0.375. The molecule has 0 saturated heterocycles. The number of carbonyl (C=O) groups excluding carboxylic acids is 1. The Balaban J connectivity index is 1.63. The minimum absolute atomic E-state index is 0.107. The highest BCUT2D eigenvalue weighted by atomic mass is 35.5. The van der Waals surface area contributed by atoms with Gasteiger partial charge in [0.05, 0.1) is 0 Å². The number of allylic oxidation sites excluding steroid dienone is 1. The van der Waals surface area contributed by atoms with Crippen molar-refractivity contribution in [2.24, 2.45) is 34.5 Å². The largest absolute Gasteiger partial charge is 0.377 e. The first-order valence-corrected chi connectivity index (χ1v) is 11.8. The lowest BCUT2D eigenvalue weighted by Gasteiger charge is -2.60. The lowest BCUT2D eigenvalue weighted by Crippen LogP contribution is -2.55. The summed E-state index contributed by atoms with van der Waals surface area (Å²) in [5.41, 5.74) is 0.633. The van der Waals surface area contributed by atoms with E-state index in [1.807, 2.05) is 6.08 Å². The Bertz CT molecular complexity index is 745. The summed E-state index contributed by atoms with van der Waals surface area (Å²) in [6.45, 7) is 7.05. The molecule has 4 rings (SSSR count). The molecule has 0 amide bonds. The van der Waals surface area contributed by atoms with Gasteiger partial charge in [-0.15, -0.1) is 17.5 Å². The molecule has 0 aromatic carbocycles. The van der Waals surface area contributed by atoms with Crippen LogP contribution in [0.15, 0.2) is 11.6 Å². The lowest BCUT2D eigenvalue weighted by atomic mass is 9.45. The monoisotopic (exact) mass is 402 g/mol. The van der Waals surface area contributed by atoms with Crippen molar-refractivity contribution in [1.29, 1.82) is 0 Å². The topological polar surface area (TPSA) is 37.3 Å². The number of hydrogen-bond acceptors (Lipinski definition) is 2. The maximum absolute atomic E-state index is 12.1. The molecule has 3 heteroatoms. The fourth-order valence-corrected chi connectivity index (χ4v) is 7.70. The SMILES string of the molecule is C[C@H]1CC2C(CC[C@@]3(C)C2CC[C@@]3(O)C#CCCCCl)[C@@]2(C)CCC(=O)C=C12. The molecular weight excluding hydrogens is 368 g/mol. The maximum Gasteiger partial charge on any atom is 0.155 e. The van der Waals surface area contributed by atoms with Crippen molar-refractivity contribution < 1.29 is 9.90 Å². The molecule has 0 radical (unpaired) electrons. The van der Waals surface area contributed by atoms with E-state index >= 15 is 0 Å². The number of fused-ring (bicyclic) bond motifs is 5. The molecule has 2 nitrogen and oxygen atoms in total. The van der Waals surface area contributed by atoms with Gasteiger partial charge in [0.1, 0.15) is 5.60 Å². The predicted molar refractivity (Wildman–Crippen MR) is 114 cm³/mol. The van der Waals surface area contributed by atoms with Crippen LogP contribution in [0.3, 0.4) is 0 Å². The zero-order valence-electron chi connectivity index (χ0n) is 17.7. The Morgan fingerprint density at radius 1 is 1.21 bits per heavy atom. The molecule has 0 aromatic heterocycles. The summed E-state index contributed by atoms with van der Waals surface area (Å²) >= 11 is 5.78. The fourth-order valence-electron chi connectivity index (χ4n) is 7.57. The third kappa shape index (κ3) is 2.92. The highest BCUT2D eigenvalue weighted by Gasteiger charge is 2.64. The number of halogens is 1. The van der Waals surface area contributed by atoms with Crippen molar-refractivity contribution in [2.75, 3.05) is 5.88 Å². The van der Waals surface area contributed by atoms with Gasteiger partial charge in [0.25, 0.3) is 0 Å². The molecule has 3 fully saturated rings. The second-order valence-electron chi connectivity index (χ2n) is 10.4. The average Bonchev–Trinajstić information content (AvgIpc) is 2.92. The first-order valence-electron chi connectivity index (χ1n) is 11.3. The summed E-state index contributed by atoms with van der Waals surface area (Å²) in [7, 11) is 0. The van der Waals surface area contributed by atoms with Crippen molar-refractivity contribution in [3.63, 3.8) is 0 Å². The number of rotatable bonds is 2. The van der Waals surface area contributed by atoms with Crippen molar-refractivity contribution in [3.8, 4) is 11.8 Å². The van der Waals surface area contributed by atoms with Crippen LogP contribution < -0.4 is 0 Å². The number of ketones is 1. The van der Waals surface area contributed by atoms with Crippen LogP contribution >= 0.6 is 11.6 Å². The van der Waals surface area contributed by atoms with Crippen molar-refractivity contribution >= 4 is 17.4 Å². The molecule has 0 aromatic rings. The van der Waals surface area contributed by atoms with E-state index in [-0.39, 0.29) is 10.8 Å². The minimum atomic E-state index is -0.849. The Hall–Kier alpha value is -0.780. The van der Waals surface area contributed by atoms with Crippen LogP contribution in [0.2, 0.25) is 0 Å². The Morgan fingerprint density at radius 3 is 2.71 bits per heavy atom. The molecule has 0 spiro atoms. The number of alkyl halides is 1. The smallest absolute Gasteiger partial charge is 0.155 e. The molecule has 4 aliphatic rings. The molecule has 3 unspecified atom stereocenters. The van der Waals surface area contributed by atoms with E-state index in [9.17, 15) is 9.90 Å². The molecular formula is C25H35ClO2. The van der Waals surface area contributed by atoms with E-state index in [1.54, 1.807) is 0 Å². The van der Waals surface area contributed by atoms with E-state index in [1.165, 1.54) is 5.57 Å². The number of aliphatic hydroxyl groups is 1. The summed E-state index contributed by atoms with van der Waals surface area (Å²) in [4.78, 5) is 12.1. The molecule has 4 aliphatic carbocycles. The zero-order valence-corrected chi connectivity index (χ0v) is 18.4. The third-order valence-electron chi connectivity index (χ3n) is 9.16. The number of carbonyl (C=O) groups is 1. The standard InChI is InChI=1S/C25H35ClO2/c1-17-15-19-20(23(2)11-7-18(27)16-22(17)23)8-12-24(3)21(19)9-13-25(24,28)10-5-4-6-14-26/h16-17,19-21,28H,4,6-9,11-15H2,1-3H3/t17-,19?,20?,21?,23+,24-,25-/m0/s1. The van der Waals surface area contributed by atoms with Crippen LogP contribution in [0.5, 0.6) is 0 Å². The summed E-state index contributed by atoms with van der Waals surface area (Å²) in [5.74, 6) is 9.79. The Labute approximate surface area is 175 Å². The maximum atomic E-state index is 12.1. The molecule has 1 N–H and O–H groups in total. The molecule has 28 heavy (non-hydrogen) atoms. The molecule has 7 atom stereocenters. The lowest BCUT2D eigenvalue weighted by molar-refractivity contribution is -0.121. The van der Waals surface area contributed by atoms with Gasteiger partial charge in [0.15, 0.2) is 5.78 Å². The number of hydrogen-bond donors (Lipinski definition) is 1. The van der Waals surface area contributed by atoms with Gasteiger partial charge in [-0.05, 0) is 80.1 Å². The van der Waals surface area contributed by atoms with E-state index in [2.05, 4.69) is 32.6 Å². The Morgan fingerprint density at radius 2 is 1.96 bits per heavy atom. The van der Waals surface area contributed by atoms with Gasteiger partial charge in [0, 0.05) is 24.1 Å². The second kappa shape index (κ2) is 7.17. The van der Waals surface area contributed by atoms with Crippen LogP contribution in [-0.4, -0.2) is 22.4 Å². The highest BCUT2D eigenvalue weighted by molar-refractivity contribution is 6.17. The van der Waals surface area contributed by atoms with E-state index < -0.39 is 5.60 Å². The van der Waals surface area contributed by atoms with E-state index in [0.29, 0.717) is 41.8 Å². The highest BCUT2D eigenvalue weighted by Crippen LogP contribution is 2.68. The van der Waals surface area contributed by atoms with Gasteiger partial charge < -0.3 is 5.11 Å². The number of unbranched alkanes of at least 4 members (excludes halogenated alkanes) is 1. The first kappa shape index (κ1) is 20.5. The van der Waals surface area contributed by atoms with E-state index in [4.69, 9.17) is 11.6 Å². The molecule has 3 saturated carbocycles. The van der Waals surface area contributed by atoms with Crippen LogP contribution in [0, 0.1) is 46.3 Å². The van der Waals surface area contributed by atoms with Gasteiger partial charge in [0.2, 0.25) is 0 Å².